The van der Waals surface area contributed by atoms with E-state index in [9.17, 15) is 23.1 Å². The van der Waals surface area contributed by atoms with Gasteiger partial charge in [0, 0.05) is 5.56 Å². The molecule has 1 N–H and O–H groups in total. The van der Waals surface area contributed by atoms with Crippen LogP contribution in [0.4, 0.5) is 13.2 Å². The van der Waals surface area contributed by atoms with Gasteiger partial charge in [-0.25, -0.2) is 0 Å². The van der Waals surface area contributed by atoms with Crippen LogP contribution in [0, 0.1) is 0 Å². The van der Waals surface area contributed by atoms with Gasteiger partial charge in [0.1, 0.15) is 18.8 Å². The average molecular weight is 302 g/mol. The molecule has 1 aromatic rings. The minimum Gasteiger partial charge on any atom is -0.486 e. The fraction of sp³-hybridized carbons (Fsp3) is 0.500. The first kappa shape index (κ1) is 14.0. The zero-order valence-corrected chi connectivity index (χ0v) is 11.0. The molecule has 0 unspecified atom stereocenters. The van der Waals surface area contributed by atoms with Crippen molar-refractivity contribution in [3.05, 3.63) is 23.3 Å². The lowest BCUT2D eigenvalue weighted by Gasteiger charge is -2.40. The van der Waals surface area contributed by atoms with Crippen molar-refractivity contribution in [2.75, 3.05) is 13.2 Å². The van der Waals surface area contributed by atoms with Crippen molar-refractivity contribution in [1.82, 2.24) is 0 Å². The molecule has 0 spiro atoms. The van der Waals surface area contributed by atoms with Gasteiger partial charge in [0.25, 0.3) is 0 Å². The van der Waals surface area contributed by atoms with E-state index in [0.717, 1.165) is 12.5 Å². The van der Waals surface area contributed by atoms with Crippen LogP contribution in [0.2, 0.25) is 0 Å². The van der Waals surface area contributed by atoms with E-state index in [1.807, 2.05) is 0 Å². The van der Waals surface area contributed by atoms with Gasteiger partial charge in [-0.2, -0.15) is 13.2 Å². The monoisotopic (exact) mass is 302 g/mol. The molecule has 0 saturated heterocycles. The first-order valence-electron chi connectivity index (χ1n) is 6.60. The van der Waals surface area contributed by atoms with Crippen molar-refractivity contribution >= 4 is 5.97 Å². The maximum Gasteiger partial charge on any atom is 0.420 e. The summed E-state index contributed by atoms with van der Waals surface area (Å²) in [7, 11) is 0. The maximum absolute atomic E-state index is 13.0. The Bertz CT molecular complexity index is 591. The van der Waals surface area contributed by atoms with E-state index < -0.39 is 28.9 Å². The van der Waals surface area contributed by atoms with E-state index in [0.29, 0.717) is 12.8 Å². The number of hydrogen-bond donors (Lipinski definition) is 1. The highest BCUT2D eigenvalue weighted by atomic mass is 19.4. The Morgan fingerprint density at radius 2 is 1.76 bits per heavy atom. The van der Waals surface area contributed by atoms with Gasteiger partial charge < -0.3 is 14.6 Å². The molecule has 3 rings (SSSR count). The summed E-state index contributed by atoms with van der Waals surface area (Å²) in [6.07, 6.45) is -3.06. The Kier molecular flexibility index (Phi) is 3.04. The van der Waals surface area contributed by atoms with E-state index in [-0.39, 0.29) is 24.5 Å². The van der Waals surface area contributed by atoms with Crippen LogP contribution in [0.15, 0.2) is 12.1 Å². The summed E-state index contributed by atoms with van der Waals surface area (Å²) in [6.45, 7) is 0.122. The van der Waals surface area contributed by atoms with E-state index in [2.05, 4.69) is 0 Å². The normalized spacial score (nSPS) is 19.8. The standard InChI is InChI=1S/C14H13F3O4/c15-14(16,17)9-3-2-8(10-11(9)21-7-6-20-10)13(12(18)19)4-1-5-13/h2-3H,1,4-7H2,(H,18,19). The molecule has 21 heavy (non-hydrogen) atoms. The summed E-state index contributed by atoms with van der Waals surface area (Å²) in [5.41, 5.74) is -1.81. The van der Waals surface area contributed by atoms with Crippen molar-refractivity contribution in [2.24, 2.45) is 0 Å². The van der Waals surface area contributed by atoms with Crippen LogP contribution >= 0.6 is 0 Å². The highest BCUT2D eigenvalue weighted by Gasteiger charge is 2.50. The largest absolute Gasteiger partial charge is 0.486 e. The smallest absolute Gasteiger partial charge is 0.420 e. The van der Waals surface area contributed by atoms with E-state index in [1.54, 1.807) is 0 Å². The number of rotatable bonds is 2. The maximum atomic E-state index is 13.0. The Hall–Kier alpha value is -1.92. The predicted molar refractivity (Wildman–Crippen MR) is 65.6 cm³/mol. The lowest BCUT2D eigenvalue weighted by Crippen LogP contribution is -2.43. The lowest BCUT2D eigenvalue weighted by molar-refractivity contribution is -0.147. The van der Waals surface area contributed by atoms with E-state index in [4.69, 9.17) is 9.47 Å². The fourth-order valence-electron chi connectivity index (χ4n) is 2.87. The van der Waals surface area contributed by atoms with Crippen LogP contribution in [0.3, 0.4) is 0 Å². The third-order valence-electron chi connectivity index (χ3n) is 4.13. The quantitative estimate of drug-likeness (QED) is 0.912. The summed E-state index contributed by atoms with van der Waals surface area (Å²) in [5, 5.41) is 9.45. The molecule has 0 aromatic heterocycles. The van der Waals surface area contributed by atoms with Gasteiger partial charge in [0.15, 0.2) is 11.5 Å². The van der Waals surface area contributed by atoms with Gasteiger partial charge in [-0.3, -0.25) is 4.79 Å². The molecule has 1 saturated carbocycles. The van der Waals surface area contributed by atoms with Crippen molar-refractivity contribution in [3.8, 4) is 11.5 Å². The van der Waals surface area contributed by atoms with Crippen LogP contribution in [0.1, 0.15) is 30.4 Å². The Labute approximate surface area is 118 Å². The number of hydrogen-bond acceptors (Lipinski definition) is 3. The molecule has 1 aliphatic heterocycles. The van der Waals surface area contributed by atoms with Crippen LogP contribution in [0.25, 0.3) is 0 Å². The fourth-order valence-corrected chi connectivity index (χ4v) is 2.87. The second-order valence-electron chi connectivity index (χ2n) is 5.25. The molecule has 0 atom stereocenters. The van der Waals surface area contributed by atoms with E-state index in [1.165, 1.54) is 6.07 Å². The molecule has 1 fully saturated rings. The zero-order valence-electron chi connectivity index (χ0n) is 11.0. The first-order valence-corrected chi connectivity index (χ1v) is 6.60. The first-order chi connectivity index (χ1) is 9.86. The predicted octanol–water partition coefficient (Wildman–Crippen LogP) is 2.98. The Morgan fingerprint density at radius 1 is 1.14 bits per heavy atom. The summed E-state index contributed by atoms with van der Waals surface area (Å²) in [5.74, 6) is -1.50. The minimum atomic E-state index is -4.57. The molecule has 0 amide bonds. The van der Waals surface area contributed by atoms with Crippen molar-refractivity contribution in [3.63, 3.8) is 0 Å². The van der Waals surface area contributed by atoms with Gasteiger partial charge in [0.2, 0.25) is 0 Å². The molecule has 1 heterocycles. The summed E-state index contributed by atoms with van der Waals surface area (Å²) < 4.78 is 49.5. The SMILES string of the molecule is O=C(O)C1(c2ccc(C(F)(F)F)c3c2OCCO3)CCC1. The van der Waals surface area contributed by atoms with Gasteiger partial charge in [-0.15, -0.1) is 0 Å². The van der Waals surface area contributed by atoms with Gasteiger partial charge in [-0.05, 0) is 18.9 Å². The van der Waals surface area contributed by atoms with Crippen molar-refractivity contribution in [2.45, 2.75) is 30.9 Å². The number of alkyl halides is 3. The minimum absolute atomic E-state index is 0.0135. The number of carboxylic acids is 1. The summed E-state index contributed by atoms with van der Waals surface area (Å²) in [6, 6.07) is 2.09. The number of carboxylic acid groups (broad SMARTS) is 1. The third-order valence-corrected chi connectivity index (χ3v) is 4.13. The number of halogens is 3. The molecule has 7 heteroatoms. The van der Waals surface area contributed by atoms with Crippen molar-refractivity contribution < 1.29 is 32.5 Å². The number of ether oxygens (including phenoxy) is 2. The van der Waals surface area contributed by atoms with Gasteiger partial charge >= 0.3 is 12.1 Å². The number of aliphatic carboxylic acids is 1. The van der Waals surface area contributed by atoms with Crippen LogP contribution in [0.5, 0.6) is 11.5 Å². The topological polar surface area (TPSA) is 55.8 Å². The molecule has 0 radical (unpaired) electrons. The average Bonchev–Trinajstić information content (AvgIpc) is 2.35. The summed E-state index contributed by atoms with van der Waals surface area (Å²) in [4.78, 5) is 11.6. The molecule has 114 valence electrons. The number of fused-ring (bicyclic) bond motifs is 1. The molecule has 1 aliphatic carbocycles. The van der Waals surface area contributed by atoms with Crippen LogP contribution in [-0.2, 0) is 16.4 Å². The lowest BCUT2D eigenvalue weighted by atomic mass is 9.64. The highest BCUT2D eigenvalue weighted by Crippen LogP contribution is 2.53. The highest BCUT2D eigenvalue weighted by molar-refractivity contribution is 5.84. The van der Waals surface area contributed by atoms with Gasteiger partial charge in [-0.1, -0.05) is 12.5 Å². The molecule has 2 aliphatic rings. The number of carbonyl (C=O) groups is 1. The molecular weight excluding hydrogens is 289 g/mol. The number of benzene rings is 1. The van der Waals surface area contributed by atoms with Gasteiger partial charge in [0.05, 0.1) is 5.41 Å². The molecule has 1 aromatic carbocycles. The molecular formula is C14H13F3O4. The third kappa shape index (κ3) is 2.02. The molecule has 4 nitrogen and oxygen atoms in total. The second kappa shape index (κ2) is 4.54. The van der Waals surface area contributed by atoms with Crippen molar-refractivity contribution in [1.29, 1.82) is 0 Å². The molecule has 0 bridgehead atoms. The second-order valence-corrected chi connectivity index (χ2v) is 5.25. The Balaban J connectivity index is 2.18. The summed E-state index contributed by atoms with van der Waals surface area (Å²) >= 11 is 0. The zero-order chi connectivity index (χ0) is 15.3. The Morgan fingerprint density at radius 3 is 2.24 bits per heavy atom. The van der Waals surface area contributed by atoms with Crippen LogP contribution in [-0.4, -0.2) is 24.3 Å². The van der Waals surface area contributed by atoms with Crippen LogP contribution < -0.4 is 9.47 Å². The van der Waals surface area contributed by atoms with E-state index >= 15 is 0 Å².